The molecule has 1 aromatic heterocycles. The average molecular weight is 314 g/mol. The molecule has 3 rings (SSSR count). The molecular weight excluding hydrogens is 292 g/mol. The molecule has 2 aromatic rings. The van der Waals surface area contributed by atoms with Crippen LogP contribution in [0.4, 0.5) is 0 Å². The van der Waals surface area contributed by atoms with Crippen molar-refractivity contribution >= 4 is 5.91 Å². The number of hydrogen-bond donors (Lipinski definition) is 1. The summed E-state index contributed by atoms with van der Waals surface area (Å²) in [7, 11) is 0. The molecule has 2 N–H and O–H groups in total. The number of carbonyl (C=O) groups is 1. The molecule has 1 aliphatic rings. The summed E-state index contributed by atoms with van der Waals surface area (Å²) in [6.07, 6.45) is 2.84. The highest BCUT2D eigenvalue weighted by atomic mass is 16.5. The number of hydrogen-bond acceptors (Lipinski definition) is 5. The second-order valence-electron chi connectivity index (χ2n) is 6.04. The van der Waals surface area contributed by atoms with Gasteiger partial charge >= 0.3 is 0 Å². The molecule has 1 saturated heterocycles. The van der Waals surface area contributed by atoms with Gasteiger partial charge < -0.3 is 10.3 Å². The van der Waals surface area contributed by atoms with Gasteiger partial charge in [0.25, 0.3) is 0 Å². The fourth-order valence-electron chi connectivity index (χ4n) is 2.95. The van der Waals surface area contributed by atoms with E-state index in [4.69, 9.17) is 10.3 Å². The highest BCUT2D eigenvalue weighted by Crippen LogP contribution is 2.20. The molecule has 6 nitrogen and oxygen atoms in total. The smallest absolute Gasteiger partial charge is 0.241 e. The van der Waals surface area contributed by atoms with Gasteiger partial charge in [0.1, 0.15) is 0 Å². The Morgan fingerprint density at radius 3 is 2.87 bits per heavy atom. The zero-order chi connectivity index (χ0) is 16.2. The van der Waals surface area contributed by atoms with E-state index < -0.39 is 0 Å². The molecule has 122 valence electrons. The highest BCUT2D eigenvalue weighted by Gasteiger charge is 2.25. The molecule has 0 spiro atoms. The minimum Gasteiger partial charge on any atom is -0.369 e. The van der Waals surface area contributed by atoms with Gasteiger partial charge in [-0.15, -0.1) is 0 Å². The van der Waals surface area contributed by atoms with Crippen LogP contribution < -0.4 is 5.73 Å². The predicted molar refractivity (Wildman–Crippen MR) is 86.3 cm³/mol. The summed E-state index contributed by atoms with van der Waals surface area (Å²) in [5.41, 5.74) is 7.64. The molecule has 1 atom stereocenters. The number of carbonyl (C=O) groups excluding carboxylic acids is 1. The molecule has 0 saturated carbocycles. The van der Waals surface area contributed by atoms with Crippen molar-refractivity contribution in [2.24, 2.45) is 11.7 Å². The molecule has 0 radical (unpaired) electrons. The molecule has 1 amide bonds. The van der Waals surface area contributed by atoms with E-state index in [2.05, 4.69) is 34.1 Å². The lowest BCUT2D eigenvalue weighted by Gasteiger charge is -2.29. The SMILES string of the molecule is CCc1ccc(-c2noc(CN3CCC[C@H](C(N)=O)C3)n2)cc1. The van der Waals surface area contributed by atoms with Crippen LogP contribution in [-0.2, 0) is 17.8 Å². The van der Waals surface area contributed by atoms with Gasteiger partial charge in [0.05, 0.1) is 12.5 Å². The van der Waals surface area contributed by atoms with Crippen molar-refractivity contribution in [1.82, 2.24) is 15.0 Å². The number of benzene rings is 1. The Morgan fingerprint density at radius 2 is 2.17 bits per heavy atom. The fraction of sp³-hybridized carbons (Fsp3) is 0.471. The number of likely N-dealkylation sites (tertiary alicyclic amines) is 1. The zero-order valence-electron chi connectivity index (χ0n) is 13.4. The summed E-state index contributed by atoms with van der Waals surface area (Å²) in [4.78, 5) is 18.0. The van der Waals surface area contributed by atoms with E-state index >= 15 is 0 Å². The first-order valence-corrected chi connectivity index (χ1v) is 8.09. The van der Waals surface area contributed by atoms with Crippen molar-refractivity contribution in [2.75, 3.05) is 13.1 Å². The van der Waals surface area contributed by atoms with Crippen LogP contribution in [0.25, 0.3) is 11.4 Å². The Labute approximate surface area is 135 Å². The van der Waals surface area contributed by atoms with E-state index in [1.165, 1.54) is 5.56 Å². The number of rotatable bonds is 5. The molecule has 0 aliphatic carbocycles. The molecule has 0 unspecified atom stereocenters. The van der Waals surface area contributed by atoms with Crippen LogP contribution in [-0.4, -0.2) is 34.0 Å². The van der Waals surface area contributed by atoms with Gasteiger partial charge in [-0.3, -0.25) is 9.69 Å². The van der Waals surface area contributed by atoms with Gasteiger partial charge in [0.15, 0.2) is 0 Å². The zero-order valence-corrected chi connectivity index (χ0v) is 13.4. The Bertz CT molecular complexity index is 665. The molecular formula is C17H22N4O2. The molecule has 23 heavy (non-hydrogen) atoms. The molecule has 0 bridgehead atoms. The van der Waals surface area contributed by atoms with Gasteiger partial charge in [-0.2, -0.15) is 4.98 Å². The van der Waals surface area contributed by atoms with E-state index in [9.17, 15) is 4.79 Å². The topological polar surface area (TPSA) is 85.3 Å². The van der Waals surface area contributed by atoms with Crippen molar-refractivity contribution in [3.8, 4) is 11.4 Å². The summed E-state index contributed by atoms with van der Waals surface area (Å²) in [5, 5.41) is 4.06. The number of nitrogens with zero attached hydrogens (tertiary/aromatic N) is 3. The van der Waals surface area contributed by atoms with Gasteiger partial charge in [-0.1, -0.05) is 36.3 Å². The second kappa shape index (κ2) is 6.91. The van der Waals surface area contributed by atoms with Crippen LogP contribution in [0.2, 0.25) is 0 Å². The summed E-state index contributed by atoms with van der Waals surface area (Å²) in [5.74, 6) is 0.875. The third kappa shape index (κ3) is 3.76. The van der Waals surface area contributed by atoms with Gasteiger partial charge in [0.2, 0.25) is 17.6 Å². The van der Waals surface area contributed by atoms with Gasteiger partial charge in [0, 0.05) is 12.1 Å². The molecule has 6 heteroatoms. The maximum atomic E-state index is 11.3. The Balaban J connectivity index is 1.65. The molecule has 2 heterocycles. The summed E-state index contributed by atoms with van der Waals surface area (Å²) < 4.78 is 5.36. The van der Waals surface area contributed by atoms with Crippen LogP contribution in [0, 0.1) is 5.92 Å². The first-order chi connectivity index (χ1) is 11.2. The van der Waals surface area contributed by atoms with Crippen molar-refractivity contribution in [1.29, 1.82) is 0 Å². The number of primary amides is 1. The average Bonchev–Trinajstić information content (AvgIpc) is 3.03. The number of amides is 1. The molecule has 1 aliphatic heterocycles. The lowest BCUT2D eigenvalue weighted by Crippen LogP contribution is -2.40. The maximum Gasteiger partial charge on any atom is 0.241 e. The largest absolute Gasteiger partial charge is 0.369 e. The third-order valence-electron chi connectivity index (χ3n) is 4.36. The summed E-state index contributed by atoms with van der Waals surface area (Å²) in [6, 6.07) is 8.18. The first kappa shape index (κ1) is 15.7. The lowest BCUT2D eigenvalue weighted by atomic mass is 9.97. The minimum atomic E-state index is -0.225. The van der Waals surface area contributed by atoms with Crippen LogP contribution in [0.1, 0.15) is 31.2 Å². The summed E-state index contributed by atoms with van der Waals surface area (Å²) >= 11 is 0. The quantitative estimate of drug-likeness (QED) is 0.912. The standard InChI is InChI=1S/C17H22N4O2/c1-2-12-5-7-13(8-6-12)17-19-15(23-20-17)11-21-9-3-4-14(10-21)16(18)22/h5-8,14H,2-4,9-11H2,1H3,(H2,18,22)/t14-/m0/s1. The first-order valence-electron chi connectivity index (χ1n) is 8.09. The normalized spacial score (nSPS) is 18.9. The van der Waals surface area contributed by atoms with Gasteiger partial charge in [-0.25, -0.2) is 0 Å². The molecule has 1 fully saturated rings. The second-order valence-corrected chi connectivity index (χ2v) is 6.04. The van der Waals surface area contributed by atoms with Crippen LogP contribution in [0.5, 0.6) is 0 Å². The number of nitrogens with two attached hydrogens (primary N) is 1. The van der Waals surface area contributed by atoms with E-state index in [1.54, 1.807) is 0 Å². The third-order valence-corrected chi connectivity index (χ3v) is 4.36. The fourth-order valence-corrected chi connectivity index (χ4v) is 2.95. The molecule has 1 aromatic carbocycles. The van der Waals surface area contributed by atoms with Crippen molar-refractivity contribution < 1.29 is 9.32 Å². The van der Waals surface area contributed by atoms with E-state index in [-0.39, 0.29) is 11.8 Å². The van der Waals surface area contributed by atoms with Crippen LogP contribution in [0.15, 0.2) is 28.8 Å². The van der Waals surface area contributed by atoms with Gasteiger partial charge in [-0.05, 0) is 31.4 Å². The maximum absolute atomic E-state index is 11.3. The van der Waals surface area contributed by atoms with Crippen molar-refractivity contribution in [2.45, 2.75) is 32.7 Å². The summed E-state index contributed by atoms with van der Waals surface area (Å²) in [6.45, 7) is 4.27. The Kier molecular flexibility index (Phi) is 4.71. The minimum absolute atomic E-state index is 0.0762. The Hall–Kier alpha value is -2.21. The van der Waals surface area contributed by atoms with Crippen LogP contribution >= 0.6 is 0 Å². The Morgan fingerprint density at radius 1 is 1.39 bits per heavy atom. The van der Waals surface area contributed by atoms with Crippen LogP contribution in [0.3, 0.4) is 0 Å². The van der Waals surface area contributed by atoms with Crippen molar-refractivity contribution in [3.63, 3.8) is 0 Å². The number of piperidine rings is 1. The lowest BCUT2D eigenvalue weighted by molar-refractivity contribution is -0.123. The number of aryl methyl sites for hydroxylation is 1. The van der Waals surface area contributed by atoms with Crippen molar-refractivity contribution in [3.05, 3.63) is 35.7 Å². The monoisotopic (exact) mass is 314 g/mol. The van der Waals surface area contributed by atoms with E-state index in [0.29, 0.717) is 24.8 Å². The predicted octanol–water partition coefficient (Wildman–Crippen LogP) is 2.00. The van der Waals surface area contributed by atoms with E-state index in [0.717, 1.165) is 31.4 Å². The number of aromatic nitrogens is 2. The van der Waals surface area contributed by atoms with E-state index in [1.807, 2.05) is 12.1 Å². The highest BCUT2D eigenvalue weighted by molar-refractivity contribution is 5.76.